The van der Waals surface area contributed by atoms with E-state index in [4.69, 9.17) is 0 Å². The maximum Gasteiger partial charge on any atom is 0.253 e. The van der Waals surface area contributed by atoms with Crippen molar-refractivity contribution in [3.8, 4) is 0 Å². The Hall–Kier alpha value is -2.78. The van der Waals surface area contributed by atoms with Gasteiger partial charge in [-0.15, -0.1) is 0 Å². The van der Waals surface area contributed by atoms with E-state index >= 15 is 0 Å². The highest BCUT2D eigenvalue weighted by atomic mass is 16.2. The molecule has 198 valence electrons. The van der Waals surface area contributed by atoms with E-state index in [0.717, 1.165) is 88.7 Å². The number of likely N-dealkylation sites (tertiary alicyclic amines) is 1. The second kappa shape index (κ2) is 10.9. The van der Waals surface area contributed by atoms with Crippen LogP contribution in [0.5, 0.6) is 0 Å². The molecule has 3 aromatic rings. The van der Waals surface area contributed by atoms with Gasteiger partial charge in [0.2, 0.25) is 0 Å². The Balaban J connectivity index is 0.00000280. The summed E-state index contributed by atoms with van der Waals surface area (Å²) in [6, 6.07) is 12.5. The molecule has 1 aliphatic carbocycles. The molecule has 2 aliphatic heterocycles. The summed E-state index contributed by atoms with van der Waals surface area (Å²) in [5.41, 5.74) is 4.89. The highest BCUT2D eigenvalue weighted by Gasteiger charge is 2.54. The molecule has 8 heteroatoms. The molecule has 4 N–H and O–H groups in total. The van der Waals surface area contributed by atoms with Gasteiger partial charge in [-0.2, -0.15) is 0 Å². The molecule has 2 aromatic heterocycles. The van der Waals surface area contributed by atoms with Gasteiger partial charge in [-0.25, -0.2) is 0 Å². The van der Waals surface area contributed by atoms with Crippen molar-refractivity contribution in [2.24, 2.45) is 11.3 Å². The van der Waals surface area contributed by atoms with Crippen LogP contribution in [0.2, 0.25) is 0 Å². The fourth-order valence-electron chi connectivity index (χ4n) is 6.25. The van der Waals surface area contributed by atoms with Gasteiger partial charge in [-0.1, -0.05) is 12.1 Å². The van der Waals surface area contributed by atoms with Crippen LogP contribution >= 0.6 is 0 Å². The van der Waals surface area contributed by atoms with Crippen LogP contribution < -0.4 is 5.32 Å². The monoisotopic (exact) mass is 504 g/mol. The number of fused-ring (bicyclic) bond motifs is 1. The molecule has 37 heavy (non-hydrogen) atoms. The number of aromatic amines is 1. The highest BCUT2D eigenvalue weighted by molar-refractivity contribution is 5.94. The van der Waals surface area contributed by atoms with Crippen LogP contribution in [0.25, 0.3) is 10.9 Å². The van der Waals surface area contributed by atoms with Gasteiger partial charge in [0, 0.05) is 86.9 Å². The van der Waals surface area contributed by atoms with Crippen LogP contribution in [0.1, 0.15) is 40.9 Å². The van der Waals surface area contributed by atoms with Crippen LogP contribution in [0.3, 0.4) is 0 Å². The molecule has 4 heterocycles. The number of benzene rings is 1. The van der Waals surface area contributed by atoms with Crippen LogP contribution in [-0.4, -0.2) is 88.9 Å². The lowest BCUT2D eigenvalue weighted by Crippen LogP contribution is -2.43. The summed E-state index contributed by atoms with van der Waals surface area (Å²) in [7, 11) is 2.18. The summed E-state index contributed by atoms with van der Waals surface area (Å²) in [5.74, 6) is 0.932. The average Bonchev–Trinajstić information content (AvgIpc) is 3.38. The molecule has 1 spiro atoms. The Morgan fingerprint density at radius 1 is 1.11 bits per heavy atom. The summed E-state index contributed by atoms with van der Waals surface area (Å²) in [4.78, 5) is 27.9. The molecule has 1 unspecified atom stereocenters. The molecule has 6 rings (SSSR count). The number of H-pyrrole nitrogens is 1. The van der Waals surface area contributed by atoms with Crippen LogP contribution in [0.4, 0.5) is 0 Å². The Morgan fingerprint density at radius 3 is 2.70 bits per heavy atom. The number of nitrogens with zero attached hydrogens (tertiary/aromatic N) is 4. The number of carbonyl (C=O) groups is 1. The first-order valence-corrected chi connectivity index (χ1v) is 13.5. The van der Waals surface area contributed by atoms with Crippen molar-refractivity contribution >= 4 is 16.8 Å². The highest BCUT2D eigenvalue weighted by Crippen LogP contribution is 2.59. The summed E-state index contributed by atoms with van der Waals surface area (Å²) in [5, 5.41) is 4.83. The number of aromatic nitrogens is 2. The zero-order chi connectivity index (χ0) is 24.5. The topological polar surface area (TPSA) is 99.0 Å². The number of pyridine rings is 1. The summed E-state index contributed by atoms with van der Waals surface area (Å²) in [6.45, 7) is 9.03. The third-order valence-corrected chi connectivity index (χ3v) is 8.76. The molecule has 0 radical (unpaired) electrons. The maximum atomic E-state index is 13.3. The van der Waals surface area contributed by atoms with E-state index in [0.29, 0.717) is 5.41 Å². The number of carbonyl (C=O) groups excluding carboxylic acids is 1. The van der Waals surface area contributed by atoms with Gasteiger partial charge in [-0.05, 0) is 74.0 Å². The number of likely N-dealkylation sites (N-methyl/N-ethyl adjacent to an activating group) is 1. The van der Waals surface area contributed by atoms with Crippen molar-refractivity contribution in [3.05, 3.63) is 65.6 Å². The van der Waals surface area contributed by atoms with Gasteiger partial charge in [0.15, 0.2) is 0 Å². The summed E-state index contributed by atoms with van der Waals surface area (Å²) >= 11 is 0. The van der Waals surface area contributed by atoms with Crippen LogP contribution in [0, 0.1) is 11.3 Å². The predicted molar refractivity (Wildman–Crippen MR) is 146 cm³/mol. The van der Waals surface area contributed by atoms with E-state index in [1.54, 1.807) is 0 Å². The number of piperidine rings is 1. The maximum absolute atomic E-state index is 13.3. The third-order valence-electron chi connectivity index (χ3n) is 8.76. The zero-order valence-corrected chi connectivity index (χ0v) is 21.9. The molecule has 8 nitrogen and oxygen atoms in total. The largest absolute Gasteiger partial charge is 0.412 e. The smallest absolute Gasteiger partial charge is 0.253 e. The molecular formula is C29H40N6O2. The minimum Gasteiger partial charge on any atom is -0.412 e. The van der Waals surface area contributed by atoms with E-state index in [1.807, 2.05) is 24.5 Å². The van der Waals surface area contributed by atoms with E-state index < -0.39 is 0 Å². The molecule has 1 saturated carbocycles. The molecule has 1 aromatic carbocycles. The first-order valence-electron chi connectivity index (χ1n) is 13.5. The van der Waals surface area contributed by atoms with Crippen LogP contribution in [-0.2, 0) is 13.1 Å². The lowest BCUT2D eigenvalue weighted by atomic mass is 9.90. The number of hydrogen-bond donors (Lipinski definition) is 2. The van der Waals surface area contributed by atoms with Crippen molar-refractivity contribution in [1.29, 1.82) is 0 Å². The lowest BCUT2D eigenvalue weighted by Gasteiger charge is -2.33. The van der Waals surface area contributed by atoms with Crippen molar-refractivity contribution in [2.75, 3.05) is 52.9 Å². The second-order valence-electron chi connectivity index (χ2n) is 11.2. The van der Waals surface area contributed by atoms with Gasteiger partial charge in [0.1, 0.15) is 0 Å². The quantitative estimate of drug-likeness (QED) is 0.515. The molecular weight excluding hydrogens is 464 g/mol. The average molecular weight is 505 g/mol. The third kappa shape index (κ3) is 5.72. The van der Waals surface area contributed by atoms with Gasteiger partial charge in [0.25, 0.3) is 5.91 Å². The first kappa shape index (κ1) is 25.9. The van der Waals surface area contributed by atoms with E-state index in [1.165, 1.54) is 23.1 Å². The van der Waals surface area contributed by atoms with Gasteiger partial charge in [0.05, 0.1) is 0 Å². The van der Waals surface area contributed by atoms with Gasteiger partial charge < -0.3 is 25.6 Å². The first-order chi connectivity index (χ1) is 17.6. The SMILES string of the molecule is CN1CCN(Cc2cccc(C(=O)N3CCC4(CC3)CC4CNCc3cc4cnccc4[nH]3)c2)CC1.O. The van der Waals surface area contributed by atoms with E-state index in [9.17, 15) is 4.79 Å². The molecule has 1 atom stereocenters. The normalized spacial score (nSPS) is 21.8. The fourth-order valence-corrected chi connectivity index (χ4v) is 6.25. The fraction of sp³-hybridized carbons (Fsp3) is 0.517. The van der Waals surface area contributed by atoms with Gasteiger partial charge in [-0.3, -0.25) is 14.7 Å². The lowest BCUT2D eigenvalue weighted by molar-refractivity contribution is 0.0668. The summed E-state index contributed by atoms with van der Waals surface area (Å²) in [6.07, 6.45) is 7.28. The van der Waals surface area contributed by atoms with Crippen molar-refractivity contribution in [3.63, 3.8) is 0 Å². The number of amides is 1. The van der Waals surface area contributed by atoms with E-state index in [-0.39, 0.29) is 11.4 Å². The standard InChI is InChI=1S/C29H38N6O.H2O/c1-33-11-13-34(14-12-33)21-22-3-2-4-23(15-22)28(36)35-9-6-29(7-10-35)17-25(29)19-31-20-26-16-24-18-30-8-5-27(24)32-26;/h2-5,8,15-16,18,25,31-32H,6-7,9-14,17,19-21H2,1H3;1H2. The number of rotatable bonds is 7. The van der Waals surface area contributed by atoms with Crippen molar-refractivity contribution < 1.29 is 10.3 Å². The van der Waals surface area contributed by atoms with Crippen LogP contribution in [0.15, 0.2) is 48.8 Å². The number of hydrogen-bond acceptors (Lipinski definition) is 5. The minimum absolute atomic E-state index is 0. The van der Waals surface area contributed by atoms with Crippen molar-refractivity contribution in [2.45, 2.75) is 32.4 Å². The van der Waals surface area contributed by atoms with Crippen molar-refractivity contribution in [1.82, 2.24) is 30.0 Å². The summed E-state index contributed by atoms with van der Waals surface area (Å²) < 4.78 is 0. The minimum atomic E-state index is 0. The second-order valence-corrected chi connectivity index (χ2v) is 11.2. The van der Waals surface area contributed by atoms with E-state index in [2.05, 4.69) is 61.3 Å². The van der Waals surface area contributed by atoms with Gasteiger partial charge >= 0.3 is 0 Å². The number of nitrogens with one attached hydrogen (secondary N) is 2. The molecule has 0 bridgehead atoms. The Bertz CT molecular complexity index is 1180. The Kier molecular flexibility index (Phi) is 7.62. The zero-order valence-electron chi connectivity index (χ0n) is 21.9. The Labute approximate surface area is 219 Å². The molecule has 1 amide bonds. The Morgan fingerprint density at radius 2 is 1.92 bits per heavy atom. The number of piperazine rings is 1. The molecule has 3 fully saturated rings. The molecule has 2 saturated heterocycles. The molecule has 3 aliphatic rings. The predicted octanol–water partition coefficient (Wildman–Crippen LogP) is 2.52.